The van der Waals surface area contributed by atoms with Crippen molar-refractivity contribution in [2.45, 2.75) is 19.6 Å². The third kappa shape index (κ3) is 6.09. The largest absolute Gasteiger partial charge is 0.416 e. The minimum absolute atomic E-state index is 0.0505. The van der Waals surface area contributed by atoms with Gasteiger partial charge in [-0.05, 0) is 30.2 Å². The van der Waals surface area contributed by atoms with E-state index in [9.17, 15) is 28.1 Å². The number of alkyl halides is 3. The first-order valence-corrected chi connectivity index (χ1v) is 8.72. The molecule has 0 radical (unpaired) electrons. The number of anilines is 1. The van der Waals surface area contributed by atoms with Gasteiger partial charge >= 0.3 is 12.2 Å². The predicted molar refractivity (Wildman–Crippen MR) is 103 cm³/mol. The number of rotatable bonds is 7. The Morgan fingerprint density at radius 2 is 1.86 bits per heavy atom. The van der Waals surface area contributed by atoms with Crippen molar-refractivity contribution in [1.29, 1.82) is 0 Å². The number of nitrogens with one attached hydrogen (secondary N) is 2. The van der Waals surface area contributed by atoms with E-state index < -0.39 is 22.4 Å². The summed E-state index contributed by atoms with van der Waals surface area (Å²) in [6.45, 7) is 2.60. The molecule has 0 atom stereocenters. The number of amides is 2. The lowest BCUT2D eigenvalue weighted by Gasteiger charge is -2.19. The minimum atomic E-state index is -4.67. The molecule has 0 aromatic heterocycles. The normalized spacial score (nSPS) is 11.1. The quantitative estimate of drug-likeness (QED) is 0.407. The van der Waals surface area contributed by atoms with E-state index in [0.717, 1.165) is 23.3 Å². The molecule has 0 spiro atoms. The highest BCUT2D eigenvalue weighted by Gasteiger charge is 2.33. The minimum Gasteiger partial charge on any atom is -0.378 e. The van der Waals surface area contributed by atoms with E-state index in [1.165, 1.54) is 4.90 Å². The van der Waals surface area contributed by atoms with E-state index in [1.807, 2.05) is 31.2 Å². The molecular weight excluding hydrogens is 389 g/mol. The van der Waals surface area contributed by atoms with Crippen molar-refractivity contribution in [3.63, 3.8) is 0 Å². The molecule has 0 unspecified atom stereocenters. The molecule has 0 saturated carbocycles. The number of carbonyl (C=O) groups is 1. The Bertz CT molecular complexity index is 887. The number of carbonyl (C=O) groups excluding carboxylic acids is 1. The van der Waals surface area contributed by atoms with Crippen molar-refractivity contribution < 1.29 is 22.9 Å². The number of nitro groups is 1. The number of hydrogen-bond donors (Lipinski definition) is 2. The average molecular weight is 410 g/mol. The van der Waals surface area contributed by atoms with Crippen LogP contribution in [0.4, 0.5) is 29.3 Å². The summed E-state index contributed by atoms with van der Waals surface area (Å²) in [5, 5.41) is 16.4. The van der Waals surface area contributed by atoms with E-state index >= 15 is 0 Å². The lowest BCUT2D eigenvalue weighted by atomic mass is 10.1. The zero-order valence-electron chi connectivity index (χ0n) is 15.9. The standard InChI is InChI=1S/C19H21F3N4O3/c1-13-5-3-4-6-14(13)12-25(2)18(27)24-10-9-23-16-8-7-15(19(20,21)22)11-17(16)26(28)29/h3-8,11,23H,9-10,12H2,1-2H3,(H,24,27). The van der Waals surface area contributed by atoms with Crippen LogP contribution in [0.1, 0.15) is 16.7 Å². The molecule has 2 rings (SSSR count). The van der Waals surface area contributed by atoms with Crippen molar-refractivity contribution in [3.8, 4) is 0 Å². The van der Waals surface area contributed by atoms with Crippen LogP contribution in [-0.4, -0.2) is 36.0 Å². The van der Waals surface area contributed by atoms with Gasteiger partial charge in [-0.15, -0.1) is 0 Å². The topological polar surface area (TPSA) is 87.5 Å². The van der Waals surface area contributed by atoms with Gasteiger partial charge in [0.25, 0.3) is 5.69 Å². The Kier molecular flexibility index (Phi) is 7.03. The van der Waals surface area contributed by atoms with E-state index in [0.29, 0.717) is 12.6 Å². The van der Waals surface area contributed by atoms with Crippen LogP contribution in [0.2, 0.25) is 0 Å². The fourth-order valence-corrected chi connectivity index (χ4v) is 2.62. The van der Waals surface area contributed by atoms with Crippen molar-refractivity contribution in [1.82, 2.24) is 10.2 Å². The number of benzene rings is 2. The molecule has 0 saturated heterocycles. The summed E-state index contributed by atoms with van der Waals surface area (Å²) in [5.74, 6) is 0. The van der Waals surface area contributed by atoms with Crippen LogP contribution in [0.5, 0.6) is 0 Å². The molecule has 0 aliphatic carbocycles. The van der Waals surface area contributed by atoms with Crippen molar-refractivity contribution in [2.75, 3.05) is 25.5 Å². The lowest BCUT2D eigenvalue weighted by molar-refractivity contribution is -0.384. The number of halogens is 3. The summed E-state index contributed by atoms with van der Waals surface area (Å²) in [6.07, 6.45) is -4.67. The van der Waals surface area contributed by atoms with Crippen LogP contribution in [0.25, 0.3) is 0 Å². The van der Waals surface area contributed by atoms with Crippen LogP contribution in [0.3, 0.4) is 0 Å². The summed E-state index contributed by atoms with van der Waals surface area (Å²) in [6, 6.07) is 9.58. The maximum atomic E-state index is 12.7. The number of hydrogen-bond acceptors (Lipinski definition) is 4. The summed E-state index contributed by atoms with van der Waals surface area (Å²) in [5.41, 5.74) is 0.237. The smallest absolute Gasteiger partial charge is 0.378 e. The van der Waals surface area contributed by atoms with Crippen LogP contribution >= 0.6 is 0 Å². The van der Waals surface area contributed by atoms with Gasteiger partial charge in [-0.3, -0.25) is 10.1 Å². The van der Waals surface area contributed by atoms with E-state index in [4.69, 9.17) is 0 Å². The van der Waals surface area contributed by atoms with Gasteiger partial charge in [-0.25, -0.2) is 4.79 Å². The monoisotopic (exact) mass is 410 g/mol. The van der Waals surface area contributed by atoms with Crippen molar-refractivity contribution in [2.24, 2.45) is 0 Å². The first kappa shape index (κ1) is 22.0. The average Bonchev–Trinajstić information content (AvgIpc) is 2.65. The molecular formula is C19H21F3N4O3. The molecule has 156 valence electrons. The maximum absolute atomic E-state index is 12.7. The third-order valence-corrected chi connectivity index (χ3v) is 4.25. The second-order valence-corrected chi connectivity index (χ2v) is 6.43. The molecule has 0 heterocycles. The zero-order chi connectivity index (χ0) is 21.6. The zero-order valence-corrected chi connectivity index (χ0v) is 15.9. The molecule has 0 aliphatic heterocycles. The summed E-state index contributed by atoms with van der Waals surface area (Å²) in [7, 11) is 1.63. The second-order valence-electron chi connectivity index (χ2n) is 6.43. The van der Waals surface area contributed by atoms with Crippen molar-refractivity contribution in [3.05, 3.63) is 69.3 Å². The Labute approximate surface area is 165 Å². The number of nitrogens with zero attached hydrogens (tertiary/aromatic N) is 2. The van der Waals surface area contributed by atoms with Crippen molar-refractivity contribution >= 4 is 17.4 Å². The summed E-state index contributed by atoms with van der Waals surface area (Å²) >= 11 is 0. The van der Waals surface area contributed by atoms with Crippen LogP contribution in [0, 0.1) is 17.0 Å². The number of nitro benzene ring substituents is 1. The van der Waals surface area contributed by atoms with Gasteiger partial charge in [0.05, 0.1) is 10.5 Å². The van der Waals surface area contributed by atoms with Gasteiger partial charge in [0.2, 0.25) is 0 Å². The van der Waals surface area contributed by atoms with Gasteiger partial charge in [-0.2, -0.15) is 13.2 Å². The lowest BCUT2D eigenvalue weighted by Crippen LogP contribution is -2.39. The molecule has 0 bridgehead atoms. The fourth-order valence-electron chi connectivity index (χ4n) is 2.62. The molecule has 29 heavy (non-hydrogen) atoms. The highest BCUT2D eigenvalue weighted by Crippen LogP contribution is 2.34. The van der Waals surface area contributed by atoms with E-state index in [1.54, 1.807) is 7.05 Å². The van der Waals surface area contributed by atoms with Gasteiger partial charge in [0.1, 0.15) is 5.69 Å². The van der Waals surface area contributed by atoms with Crippen LogP contribution in [0.15, 0.2) is 42.5 Å². The van der Waals surface area contributed by atoms with Crippen LogP contribution in [-0.2, 0) is 12.7 Å². The van der Waals surface area contributed by atoms with E-state index in [-0.39, 0.29) is 24.8 Å². The highest BCUT2D eigenvalue weighted by molar-refractivity contribution is 5.74. The molecule has 2 N–H and O–H groups in total. The predicted octanol–water partition coefficient (Wildman–Crippen LogP) is 4.18. The molecule has 10 heteroatoms. The first-order chi connectivity index (χ1) is 13.6. The maximum Gasteiger partial charge on any atom is 0.416 e. The molecule has 0 fully saturated rings. The molecule has 2 aromatic rings. The Hall–Kier alpha value is -3.30. The highest BCUT2D eigenvalue weighted by atomic mass is 19.4. The van der Waals surface area contributed by atoms with Gasteiger partial charge in [-0.1, -0.05) is 24.3 Å². The summed E-state index contributed by atoms with van der Waals surface area (Å²) < 4.78 is 38.2. The summed E-state index contributed by atoms with van der Waals surface area (Å²) in [4.78, 5) is 23.8. The number of urea groups is 1. The molecule has 7 nitrogen and oxygen atoms in total. The molecule has 2 aromatic carbocycles. The second kappa shape index (κ2) is 9.26. The van der Waals surface area contributed by atoms with Gasteiger partial charge in [0.15, 0.2) is 0 Å². The van der Waals surface area contributed by atoms with Gasteiger partial charge in [0, 0.05) is 32.7 Å². The SMILES string of the molecule is Cc1ccccc1CN(C)C(=O)NCCNc1ccc(C(F)(F)F)cc1[N+](=O)[O-]. The Morgan fingerprint density at radius 3 is 2.48 bits per heavy atom. The number of aryl methyl sites for hydroxylation is 1. The van der Waals surface area contributed by atoms with E-state index in [2.05, 4.69) is 10.6 Å². The van der Waals surface area contributed by atoms with Gasteiger partial charge < -0.3 is 15.5 Å². The fraction of sp³-hybridized carbons (Fsp3) is 0.316. The molecule has 0 aliphatic rings. The molecule has 2 amide bonds. The Morgan fingerprint density at radius 1 is 1.17 bits per heavy atom. The first-order valence-electron chi connectivity index (χ1n) is 8.72. The third-order valence-electron chi connectivity index (χ3n) is 4.25. The Balaban J connectivity index is 1.89. The van der Waals surface area contributed by atoms with Crippen LogP contribution < -0.4 is 10.6 Å².